The Morgan fingerprint density at radius 3 is 2.57 bits per heavy atom. The van der Waals surface area contributed by atoms with Gasteiger partial charge in [-0.3, -0.25) is 0 Å². The van der Waals surface area contributed by atoms with E-state index in [1.54, 1.807) is 12.1 Å². The van der Waals surface area contributed by atoms with E-state index in [1.807, 2.05) is 12.1 Å². The van der Waals surface area contributed by atoms with Gasteiger partial charge in [-0.2, -0.15) is 0 Å². The third kappa shape index (κ3) is 2.53. The lowest BCUT2D eigenvalue weighted by Crippen LogP contribution is -2.54. The maximum Gasteiger partial charge on any atom is 0.169 e. The van der Waals surface area contributed by atoms with Crippen LogP contribution >= 0.6 is 11.6 Å². The minimum absolute atomic E-state index is 0.304. The van der Waals surface area contributed by atoms with E-state index in [1.165, 1.54) is 0 Å². The summed E-state index contributed by atoms with van der Waals surface area (Å²) in [5, 5.41) is 17.8. The quantitative estimate of drug-likeness (QED) is 0.879. The van der Waals surface area contributed by atoms with Crippen molar-refractivity contribution in [2.45, 2.75) is 24.9 Å². The summed E-state index contributed by atoms with van der Waals surface area (Å²) < 4.78 is 0. The van der Waals surface area contributed by atoms with E-state index in [-0.39, 0.29) is 0 Å². The first-order chi connectivity index (χ1) is 11.1. The Kier molecular flexibility index (Phi) is 3.41. The first-order valence-electron chi connectivity index (χ1n) is 7.73. The van der Waals surface area contributed by atoms with Crippen molar-refractivity contribution in [3.63, 3.8) is 0 Å². The van der Waals surface area contributed by atoms with Gasteiger partial charge in [0, 0.05) is 43.0 Å². The highest BCUT2D eigenvalue weighted by Gasteiger charge is 2.40. The number of piperazine rings is 1. The average Bonchev–Trinajstić information content (AvgIpc) is 2.80. The van der Waals surface area contributed by atoms with E-state index in [4.69, 9.17) is 17.3 Å². The van der Waals surface area contributed by atoms with Gasteiger partial charge in [-0.05, 0) is 25.0 Å². The van der Waals surface area contributed by atoms with Crippen LogP contribution in [-0.2, 0) is 0 Å². The van der Waals surface area contributed by atoms with Gasteiger partial charge in [0.2, 0.25) is 0 Å². The molecule has 2 unspecified atom stereocenters. The minimum Gasteiger partial charge on any atom is -0.508 e. The molecule has 0 saturated carbocycles. The first-order valence-corrected chi connectivity index (χ1v) is 8.10. The highest BCUT2D eigenvalue weighted by Crippen LogP contribution is 2.38. The lowest BCUT2D eigenvalue weighted by Gasteiger charge is -2.43. The van der Waals surface area contributed by atoms with Crippen molar-refractivity contribution in [2.24, 2.45) is 0 Å². The number of aromatic nitrogens is 2. The molecule has 23 heavy (non-hydrogen) atoms. The maximum atomic E-state index is 9.75. The van der Waals surface area contributed by atoms with Gasteiger partial charge in [0.15, 0.2) is 11.0 Å². The summed E-state index contributed by atoms with van der Waals surface area (Å²) >= 11 is 5.97. The predicted octanol–water partition coefficient (Wildman–Crippen LogP) is 2.28. The van der Waals surface area contributed by atoms with Gasteiger partial charge >= 0.3 is 0 Å². The van der Waals surface area contributed by atoms with Crippen molar-refractivity contribution < 1.29 is 5.11 Å². The molecular formula is C16H18ClN5O. The second kappa shape index (κ2) is 5.45. The molecule has 1 aromatic carbocycles. The molecule has 1 aromatic heterocycles. The molecule has 3 N–H and O–H groups in total. The summed E-state index contributed by atoms with van der Waals surface area (Å²) in [5.74, 6) is 0.721. The zero-order valence-electron chi connectivity index (χ0n) is 12.6. The number of halogens is 1. The minimum atomic E-state index is 0.304. The predicted molar refractivity (Wildman–Crippen MR) is 91.1 cm³/mol. The lowest BCUT2D eigenvalue weighted by atomic mass is 10.1. The fourth-order valence-electron chi connectivity index (χ4n) is 3.80. The molecule has 6 nitrogen and oxygen atoms in total. The zero-order chi connectivity index (χ0) is 16.0. The molecule has 2 fully saturated rings. The van der Waals surface area contributed by atoms with Gasteiger partial charge in [0.1, 0.15) is 5.75 Å². The van der Waals surface area contributed by atoms with Gasteiger partial charge in [0.25, 0.3) is 0 Å². The largest absolute Gasteiger partial charge is 0.508 e. The van der Waals surface area contributed by atoms with Crippen molar-refractivity contribution in [3.8, 4) is 5.75 Å². The summed E-state index contributed by atoms with van der Waals surface area (Å²) in [6.07, 6.45) is 2.26. The molecule has 3 heterocycles. The van der Waals surface area contributed by atoms with Crippen LogP contribution in [-0.4, -0.2) is 40.5 Å². The second-order valence-corrected chi connectivity index (χ2v) is 6.54. The number of hydrogen-bond acceptors (Lipinski definition) is 6. The van der Waals surface area contributed by atoms with Crippen molar-refractivity contribution in [2.75, 3.05) is 28.6 Å². The standard InChI is InChI=1S/C16H18ClN5O/c17-15-7-14(16(18)20-19-15)21-8-11-4-5-12(9-21)22(11)10-2-1-3-13(23)6-10/h1-3,6-7,11-12,23H,4-5,8-9H2,(H2,18,20). The number of aromatic hydroxyl groups is 1. The smallest absolute Gasteiger partial charge is 0.169 e. The molecule has 2 aromatic rings. The van der Waals surface area contributed by atoms with E-state index in [0.717, 1.165) is 37.3 Å². The van der Waals surface area contributed by atoms with Crippen molar-refractivity contribution >= 4 is 28.8 Å². The lowest BCUT2D eigenvalue weighted by molar-refractivity contribution is 0.473. The van der Waals surface area contributed by atoms with Gasteiger partial charge in [-0.15, -0.1) is 10.2 Å². The molecule has 7 heteroatoms. The fourth-order valence-corrected chi connectivity index (χ4v) is 3.94. The summed E-state index contributed by atoms with van der Waals surface area (Å²) in [7, 11) is 0. The van der Waals surface area contributed by atoms with Gasteiger partial charge in [0.05, 0.1) is 5.69 Å². The second-order valence-electron chi connectivity index (χ2n) is 6.15. The first kappa shape index (κ1) is 14.4. The number of hydrogen-bond donors (Lipinski definition) is 2. The van der Waals surface area contributed by atoms with E-state index in [0.29, 0.717) is 28.8 Å². The van der Waals surface area contributed by atoms with E-state index in [2.05, 4.69) is 26.1 Å². The molecule has 0 amide bonds. The van der Waals surface area contributed by atoms with Crippen LogP contribution in [0.3, 0.4) is 0 Å². The molecule has 2 aliphatic rings. The number of nitrogens with two attached hydrogens (primary N) is 1. The molecule has 4 rings (SSSR count). The van der Waals surface area contributed by atoms with Crippen molar-refractivity contribution in [1.82, 2.24) is 10.2 Å². The van der Waals surface area contributed by atoms with Crippen LogP contribution in [0.1, 0.15) is 12.8 Å². The van der Waals surface area contributed by atoms with Gasteiger partial charge in [-0.25, -0.2) is 0 Å². The highest BCUT2D eigenvalue weighted by molar-refractivity contribution is 6.29. The van der Waals surface area contributed by atoms with Gasteiger partial charge in [-0.1, -0.05) is 17.7 Å². The Morgan fingerprint density at radius 1 is 1.13 bits per heavy atom. The third-order valence-corrected chi connectivity index (χ3v) is 4.91. The molecule has 0 radical (unpaired) electrons. The maximum absolute atomic E-state index is 9.75. The fraction of sp³-hybridized carbons (Fsp3) is 0.375. The number of nitrogens with zero attached hydrogens (tertiary/aromatic N) is 4. The zero-order valence-corrected chi connectivity index (χ0v) is 13.3. The van der Waals surface area contributed by atoms with Crippen LogP contribution < -0.4 is 15.5 Å². The molecule has 2 bridgehead atoms. The van der Waals surface area contributed by atoms with Crippen LogP contribution in [0.2, 0.25) is 5.15 Å². The Morgan fingerprint density at radius 2 is 1.87 bits per heavy atom. The molecule has 120 valence electrons. The van der Waals surface area contributed by atoms with Crippen LogP contribution in [0, 0.1) is 0 Å². The Hall–Kier alpha value is -2.21. The van der Waals surface area contributed by atoms with E-state index < -0.39 is 0 Å². The number of benzene rings is 1. The normalized spacial score (nSPS) is 23.3. The summed E-state index contributed by atoms with van der Waals surface area (Å²) in [6, 6.07) is 10.0. The van der Waals surface area contributed by atoms with Crippen LogP contribution in [0.15, 0.2) is 30.3 Å². The van der Waals surface area contributed by atoms with Crippen molar-refractivity contribution in [3.05, 3.63) is 35.5 Å². The topological polar surface area (TPSA) is 78.5 Å². The average molecular weight is 332 g/mol. The number of nitrogen functional groups attached to an aromatic ring is 1. The molecule has 0 spiro atoms. The summed E-state index contributed by atoms with van der Waals surface area (Å²) in [5.41, 5.74) is 7.92. The molecule has 0 aliphatic carbocycles. The molecular weight excluding hydrogens is 314 g/mol. The highest BCUT2D eigenvalue weighted by atomic mass is 35.5. The molecule has 2 aliphatic heterocycles. The summed E-state index contributed by atoms with van der Waals surface area (Å²) in [6.45, 7) is 1.72. The van der Waals surface area contributed by atoms with Crippen LogP contribution in [0.5, 0.6) is 5.75 Å². The Balaban J connectivity index is 1.62. The van der Waals surface area contributed by atoms with Crippen LogP contribution in [0.25, 0.3) is 0 Å². The van der Waals surface area contributed by atoms with Crippen molar-refractivity contribution in [1.29, 1.82) is 0 Å². The van der Waals surface area contributed by atoms with Crippen LogP contribution in [0.4, 0.5) is 17.2 Å². The molecule has 2 saturated heterocycles. The third-order valence-electron chi connectivity index (χ3n) is 4.72. The number of phenolic OH excluding ortho intramolecular Hbond substituents is 1. The van der Waals surface area contributed by atoms with E-state index >= 15 is 0 Å². The number of phenols is 1. The molecule has 2 atom stereocenters. The van der Waals surface area contributed by atoms with E-state index in [9.17, 15) is 5.11 Å². The summed E-state index contributed by atoms with van der Waals surface area (Å²) in [4.78, 5) is 4.67. The number of fused-ring (bicyclic) bond motifs is 2. The van der Waals surface area contributed by atoms with Gasteiger partial charge < -0.3 is 20.6 Å². The number of rotatable bonds is 2. The Bertz CT molecular complexity index is 726. The number of anilines is 3. The monoisotopic (exact) mass is 331 g/mol. The SMILES string of the molecule is Nc1nnc(Cl)cc1N1CC2CCC(C1)N2c1cccc(O)c1. The Labute approximate surface area is 139 Å².